The molecule has 0 radical (unpaired) electrons. The number of thiophene rings is 1. The highest BCUT2D eigenvalue weighted by Crippen LogP contribution is 2.22. The van der Waals surface area contributed by atoms with Gasteiger partial charge in [0.05, 0.1) is 16.2 Å². The van der Waals surface area contributed by atoms with Crippen LogP contribution in [-0.2, 0) is 11.3 Å². The van der Waals surface area contributed by atoms with Crippen LogP contribution < -0.4 is 10.6 Å². The van der Waals surface area contributed by atoms with Crippen molar-refractivity contribution < 1.29 is 4.79 Å². The smallest absolute Gasteiger partial charge is 0.225 e. The summed E-state index contributed by atoms with van der Waals surface area (Å²) in [5.41, 5.74) is 0. The summed E-state index contributed by atoms with van der Waals surface area (Å²) in [6.07, 6.45) is 0. The van der Waals surface area contributed by atoms with E-state index in [0.29, 0.717) is 12.5 Å². The number of rotatable bonds is 3. The zero-order chi connectivity index (χ0) is 11.5. The van der Waals surface area contributed by atoms with Crippen LogP contribution in [0.2, 0.25) is 0 Å². The largest absolute Gasteiger partial charge is 0.351 e. The van der Waals surface area contributed by atoms with Gasteiger partial charge >= 0.3 is 0 Å². The first-order valence-electron chi connectivity index (χ1n) is 5.39. The summed E-state index contributed by atoms with van der Waals surface area (Å²) < 4.78 is 1.10. The summed E-state index contributed by atoms with van der Waals surface area (Å²) in [4.78, 5) is 13.1. The standard InChI is InChI=1S/C11H15BrN2OS/c1-7-4-13-6-9(7)11(15)14-5-8-2-3-10(12)16-8/h2-3,7,9,13H,4-6H2,1H3,(H,14,15). The van der Waals surface area contributed by atoms with Gasteiger partial charge in [0.1, 0.15) is 0 Å². The fourth-order valence-electron chi connectivity index (χ4n) is 1.91. The van der Waals surface area contributed by atoms with E-state index >= 15 is 0 Å². The average molecular weight is 303 g/mol. The predicted octanol–water partition coefficient (Wildman–Crippen LogP) is 1.98. The molecular weight excluding hydrogens is 288 g/mol. The molecule has 0 aromatic carbocycles. The monoisotopic (exact) mass is 302 g/mol. The maximum Gasteiger partial charge on any atom is 0.225 e. The molecule has 1 aromatic heterocycles. The van der Waals surface area contributed by atoms with Crippen molar-refractivity contribution in [1.29, 1.82) is 0 Å². The summed E-state index contributed by atoms with van der Waals surface area (Å²) in [5.74, 6) is 0.737. The van der Waals surface area contributed by atoms with Crippen molar-refractivity contribution in [3.8, 4) is 0 Å². The van der Waals surface area contributed by atoms with E-state index in [0.717, 1.165) is 16.9 Å². The molecule has 5 heteroatoms. The molecule has 0 saturated carbocycles. The molecule has 2 rings (SSSR count). The van der Waals surface area contributed by atoms with Crippen molar-refractivity contribution in [2.24, 2.45) is 11.8 Å². The Hall–Kier alpha value is -0.390. The van der Waals surface area contributed by atoms with Crippen molar-refractivity contribution in [2.75, 3.05) is 13.1 Å². The molecule has 1 aliphatic rings. The van der Waals surface area contributed by atoms with Gasteiger partial charge in [0, 0.05) is 11.4 Å². The molecule has 2 heterocycles. The first kappa shape index (κ1) is 12.1. The molecule has 2 atom stereocenters. The van der Waals surface area contributed by atoms with Crippen LogP contribution in [0.3, 0.4) is 0 Å². The molecule has 0 bridgehead atoms. The van der Waals surface area contributed by atoms with E-state index < -0.39 is 0 Å². The molecule has 2 N–H and O–H groups in total. The number of halogens is 1. The minimum atomic E-state index is 0.128. The average Bonchev–Trinajstić information content (AvgIpc) is 2.84. The Bertz CT molecular complexity index is 380. The van der Waals surface area contributed by atoms with Crippen molar-refractivity contribution in [3.05, 3.63) is 20.8 Å². The number of hydrogen-bond donors (Lipinski definition) is 2. The third kappa shape index (κ3) is 2.84. The SMILES string of the molecule is CC1CNCC1C(=O)NCc1ccc(Br)s1. The molecular formula is C11H15BrN2OS. The fraction of sp³-hybridized carbons (Fsp3) is 0.545. The maximum absolute atomic E-state index is 11.9. The third-order valence-electron chi connectivity index (χ3n) is 2.92. The summed E-state index contributed by atoms with van der Waals surface area (Å²) >= 11 is 5.07. The second-order valence-electron chi connectivity index (χ2n) is 4.17. The number of nitrogens with one attached hydrogen (secondary N) is 2. The van der Waals surface area contributed by atoms with E-state index in [-0.39, 0.29) is 11.8 Å². The lowest BCUT2D eigenvalue weighted by atomic mass is 9.97. The Balaban J connectivity index is 1.83. The maximum atomic E-state index is 11.9. The first-order chi connectivity index (χ1) is 7.66. The molecule has 2 unspecified atom stereocenters. The minimum Gasteiger partial charge on any atom is -0.351 e. The molecule has 0 spiro atoms. The molecule has 3 nitrogen and oxygen atoms in total. The Morgan fingerprint density at radius 1 is 1.62 bits per heavy atom. The fourth-order valence-corrected chi connectivity index (χ4v) is 3.34. The van der Waals surface area contributed by atoms with Crippen LogP contribution in [0, 0.1) is 11.8 Å². The molecule has 1 saturated heterocycles. The van der Waals surface area contributed by atoms with E-state index in [9.17, 15) is 4.79 Å². The second kappa shape index (κ2) is 5.29. The molecule has 1 aliphatic heterocycles. The van der Waals surface area contributed by atoms with Crippen LogP contribution in [0.15, 0.2) is 15.9 Å². The predicted molar refractivity (Wildman–Crippen MR) is 69.4 cm³/mol. The van der Waals surface area contributed by atoms with E-state index in [2.05, 4.69) is 33.5 Å². The minimum absolute atomic E-state index is 0.128. The first-order valence-corrected chi connectivity index (χ1v) is 7.00. The van der Waals surface area contributed by atoms with E-state index in [1.807, 2.05) is 12.1 Å². The van der Waals surface area contributed by atoms with Gasteiger partial charge in [-0.2, -0.15) is 0 Å². The zero-order valence-corrected chi connectivity index (χ0v) is 11.5. The number of carbonyl (C=O) groups is 1. The third-order valence-corrected chi connectivity index (χ3v) is 4.54. The highest BCUT2D eigenvalue weighted by atomic mass is 79.9. The van der Waals surface area contributed by atoms with E-state index in [1.54, 1.807) is 11.3 Å². The second-order valence-corrected chi connectivity index (χ2v) is 6.71. The molecule has 1 fully saturated rings. The molecule has 88 valence electrons. The van der Waals surface area contributed by atoms with Crippen molar-refractivity contribution >= 4 is 33.2 Å². The zero-order valence-electron chi connectivity index (χ0n) is 9.13. The van der Waals surface area contributed by atoms with Gasteiger partial charge in [-0.05, 0) is 40.5 Å². The summed E-state index contributed by atoms with van der Waals surface area (Å²) in [6, 6.07) is 4.04. The van der Waals surface area contributed by atoms with Gasteiger partial charge in [-0.3, -0.25) is 4.79 Å². The lowest BCUT2D eigenvalue weighted by Gasteiger charge is -2.13. The normalized spacial score (nSPS) is 24.6. The molecule has 16 heavy (non-hydrogen) atoms. The van der Waals surface area contributed by atoms with Gasteiger partial charge in [0.15, 0.2) is 0 Å². The van der Waals surface area contributed by atoms with Crippen LogP contribution in [0.4, 0.5) is 0 Å². The highest BCUT2D eigenvalue weighted by molar-refractivity contribution is 9.11. The van der Waals surface area contributed by atoms with Gasteiger partial charge in [0.2, 0.25) is 5.91 Å². The lowest BCUT2D eigenvalue weighted by molar-refractivity contribution is -0.125. The number of carbonyl (C=O) groups excluding carboxylic acids is 1. The Morgan fingerprint density at radius 2 is 2.44 bits per heavy atom. The Labute approximate surface area is 108 Å². The molecule has 0 aliphatic carbocycles. The lowest BCUT2D eigenvalue weighted by Crippen LogP contribution is -2.33. The van der Waals surface area contributed by atoms with Gasteiger partial charge in [-0.25, -0.2) is 0 Å². The molecule has 1 aromatic rings. The van der Waals surface area contributed by atoms with Crippen LogP contribution >= 0.6 is 27.3 Å². The Kier molecular flexibility index (Phi) is 4.00. The van der Waals surface area contributed by atoms with E-state index in [4.69, 9.17) is 0 Å². The quantitative estimate of drug-likeness (QED) is 0.896. The van der Waals surface area contributed by atoms with Gasteiger partial charge in [0.25, 0.3) is 0 Å². The van der Waals surface area contributed by atoms with Crippen LogP contribution in [0.1, 0.15) is 11.8 Å². The van der Waals surface area contributed by atoms with Crippen molar-refractivity contribution in [1.82, 2.24) is 10.6 Å². The van der Waals surface area contributed by atoms with Gasteiger partial charge in [-0.1, -0.05) is 6.92 Å². The summed E-state index contributed by atoms with van der Waals surface area (Å²) in [6.45, 7) is 4.51. The Morgan fingerprint density at radius 3 is 3.00 bits per heavy atom. The van der Waals surface area contributed by atoms with Gasteiger partial charge < -0.3 is 10.6 Å². The molecule has 1 amide bonds. The summed E-state index contributed by atoms with van der Waals surface area (Å²) in [5, 5.41) is 6.23. The highest BCUT2D eigenvalue weighted by Gasteiger charge is 2.29. The van der Waals surface area contributed by atoms with Gasteiger partial charge in [-0.15, -0.1) is 11.3 Å². The van der Waals surface area contributed by atoms with Crippen LogP contribution in [-0.4, -0.2) is 19.0 Å². The number of amides is 1. The number of hydrogen-bond acceptors (Lipinski definition) is 3. The van der Waals surface area contributed by atoms with Crippen molar-refractivity contribution in [2.45, 2.75) is 13.5 Å². The van der Waals surface area contributed by atoms with Crippen LogP contribution in [0.25, 0.3) is 0 Å². The van der Waals surface area contributed by atoms with Crippen LogP contribution in [0.5, 0.6) is 0 Å². The topological polar surface area (TPSA) is 41.1 Å². The van der Waals surface area contributed by atoms with Crippen molar-refractivity contribution in [3.63, 3.8) is 0 Å². The summed E-state index contributed by atoms with van der Waals surface area (Å²) in [7, 11) is 0. The van der Waals surface area contributed by atoms with E-state index in [1.165, 1.54) is 4.88 Å².